The van der Waals surface area contributed by atoms with Crippen molar-refractivity contribution in [2.75, 3.05) is 14.2 Å². The van der Waals surface area contributed by atoms with Gasteiger partial charge in [0.05, 0.1) is 7.11 Å². The number of carbonyl (C=O) groups excluding carboxylic acids is 1. The summed E-state index contributed by atoms with van der Waals surface area (Å²) in [4.78, 5) is 10.9. The topological polar surface area (TPSA) is 38.3 Å². The molecule has 64 valence electrons. The summed E-state index contributed by atoms with van der Waals surface area (Å²) < 4.78 is 4.56. The molecule has 0 spiro atoms. The molecule has 3 heteroatoms. The van der Waals surface area contributed by atoms with E-state index in [2.05, 4.69) is 16.6 Å². The van der Waals surface area contributed by atoms with Gasteiger partial charge in [-0.2, -0.15) is 0 Å². The van der Waals surface area contributed by atoms with Crippen LogP contribution in [0.5, 0.6) is 0 Å². The van der Waals surface area contributed by atoms with E-state index in [1.54, 1.807) is 13.1 Å². The average Bonchev–Trinajstić information content (AvgIpc) is 2.05. The molecule has 0 amide bonds. The van der Waals surface area contributed by atoms with Gasteiger partial charge in [-0.25, -0.2) is 0 Å². The van der Waals surface area contributed by atoms with Crippen molar-refractivity contribution in [2.45, 2.75) is 18.9 Å². The van der Waals surface area contributed by atoms with Crippen LogP contribution < -0.4 is 5.32 Å². The fourth-order valence-corrected chi connectivity index (χ4v) is 0.807. The second-order valence-electron chi connectivity index (χ2n) is 2.23. The van der Waals surface area contributed by atoms with Gasteiger partial charge >= 0.3 is 5.97 Å². The lowest BCUT2D eigenvalue weighted by atomic mass is 10.1. The zero-order valence-corrected chi connectivity index (χ0v) is 7.09. The van der Waals surface area contributed by atoms with Crippen LogP contribution in [0.1, 0.15) is 12.8 Å². The maximum absolute atomic E-state index is 10.9. The van der Waals surface area contributed by atoms with E-state index in [1.807, 2.05) is 0 Å². The Balaban J connectivity index is 3.74. The smallest absolute Gasteiger partial charge is 0.322 e. The minimum absolute atomic E-state index is 0.196. The number of esters is 1. The Morgan fingerprint density at radius 2 is 2.45 bits per heavy atom. The van der Waals surface area contributed by atoms with E-state index >= 15 is 0 Å². The van der Waals surface area contributed by atoms with Crippen LogP contribution in [0.3, 0.4) is 0 Å². The SMILES string of the molecule is C=CCC[C@H](NC)C(=O)OC. The van der Waals surface area contributed by atoms with Crippen LogP contribution in [-0.2, 0) is 9.53 Å². The average molecular weight is 157 g/mol. The van der Waals surface area contributed by atoms with Crippen molar-refractivity contribution in [2.24, 2.45) is 0 Å². The third-order valence-electron chi connectivity index (χ3n) is 1.49. The van der Waals surface area contributed by atoms with Crippen molar-refractivity contribution >= 4 is 5.97 Å². The molecule has 3 nitrogen and oxygen atoms in total. The summed E-state index contributed by atoms with van der Waals surface area (Å²) in [6, 6.07) is -0.196. The van der Waals surface area contributed by atoms with E-state index in [4.69, 9.17) is 0 Å². The molecule has 0 saturated carbocycles. The van der Waals surface area contributed by atoms with E-state index in [9.17, 15) is 4.79 Å². The number of likely N-dealkylation sites (N-methyl/N-ethyl adjacent to an activating group) is 1. The second kappa shape index (κ2) is 5.92. The predicted molar refractivity (Wildman–Crippen MR) is 44.3 cm³/mol. The Hall–Kier alpha value is -0.830. The van der Waals surface area contributed by atoms with E-state index in [-0.39, 0.29) is 12.0 Å². The zero-order chi connectivity index (χ0) is 8.69. The van der Waals surface area contributed by atoms with Crippen LogP contribution in [0, 0.1) is 0 Å². The van der Waals surface area contributed by atoms with Gasteiger partial charge < -0.3 is 10.1 Å². The van der Waals surface area contributed by atoms with Gasteiger partial charge in [-0.3, -0.25) is 4.79 Å². The number of hydrogen-bond donors (Lipinski definition) is 1. The molecule has 0 saturated heterocycles. The van der Waals surface area contributed by atoms with E-state index in [1.165, 1.54) is 7.11 Å². The van der Waals surface area contributed by atoms with Crippen LogP contribution >= 0.6 is 0 Å². The standard InChI is InChI=1S/C8H15NO2/c1-4-5-6-7(9-2)8(10)11-3/h4,7,9H,1,5-6H2,2-3H3/t7-/m0/s1. The van der Waals surface area contributed by atoms with E-state index in [0.29, 0.717) is 0 Å². The Bertz CT molecular complexity index is 134. The molecule has 0 aliphatic heterocycles. The Kier molecular flexibility index (Phi) is 5.47. The van der Waals surface area contributed by atoms with Crippen LogP contribution in [-0.4, -0.2) is 26.2 Å². The Morgan fingerprint density at radius 3 is 2.82 bits per heavy atom. The first-order valence-electron chi connectivity index (χ1n) is 3.62. The lowest BCUT2D eigenvalue weighted by Gasteiger charge is -2.11. The van der Waals surface area contributed by atoms with Gasteiger partial charge in [0, 0.05) is 0 Å². The molecule has 1 N–H and O–H groups in total. The van der Waals surface area contributed by atoms with Gasteiger partial charge in [0.1, 0.15) is 6.04 Å². The largest absolute Gasteiger partial charge is 0.468 e. The molecule has 0 radical (unpaired) electrons. The molecule has 0 heterocycles. The summed E-state index contributed by atoms with van der Waals surface area (Å²) in [5.74, 6) is -0.214. The molecule has 0 aromatic rings. The van der Waals surface area contributed by atoms with E-state index < -0.39 is 0 Å². The summed E-state index contributed by atoms with van der Waals surface area (Å²) in [5, 5.41) is 2.87. The molecule has 0 fully saturated rings. The van der Waals surface area contributed by atoms with Gasteiger partial charge in [-0.15, -0.1) is 6.58 Å². The molecule has 0 unspecified atom stereocenters. The van der Waals surface area contributed by atoms with Crippen molar-refractivity contribution in [1.29, 1.82) is 0 Å². The van der Waals surface area contributed by atoms with Gasteiger partial charge in [0.2, 0.25) is 0 Å². The van der Waals surface area contributed by atoms with Crippen molar-refractivity contribution in [3.63, 3.8) is 0 Å². The lowest BCUT2D eigenvalue weighted by molar-refractivity contribution is -0.143. The number of ether oxygens (including phenoxy) is 1. The van der Waals surface area contributed by atoms with Gasteiger partial charge in [0.15, 0.2) is 0 Å². The zero-order valence-electron chi connectivity index (χ0n) is 7.09. The third-order valence-corrected chi connectivity index (χ3v) is 1.49. The maximum atomic E-state index is 10.9. The summed E-state index contributed by atoms with van der Waals surface area (Å²) >= 11 is 0. The number of methoxy groups -OCH3 is 1. The first kappa shape index (κ1) is 10.2. The number of carbonyl (C=O) groups is 1. The minimum atomic E-state index is -0.214. The maximum Gasteiger partial charge on any atom is 0.322 e. The summed E-state index contributed by atoms with van der Waals surface area (Å²) in [6.07, 6.45) is 3.35. The van der Waals surface area contributed by atoms with Crippen molar-refractivity contribution in [3.8, 4) is 0 Å². The predicted octanol–water partition coefficient (Wildman–Crippen LogP) is 0.714. The highest BCUT2D eigenvalue weighted by Crippen LogP contribution is 1.98. The summed E-state index contributed by atoms with van der Waals surface area (Å²) in [6.45, 7) is 3.57. The quantitative estimate of drug-likeness (QED) is 0.472. The van der Waals surface area contributed by atoms with Gasteiger partial charge in [-0.05, 0) is 19.9 Å². The molecular weight excluding hydrogens is 142 g/mol. The third kappa shape index (κ3) is 3.78. The number of allylic oxidation sites excluding steroid dienone is 1. The molecular formula is C8H15NO2. The second-order valence-corrected chi connectivity index (χ2v) is 2.23. The fourth-order valence-electron chi connectivity index (χ4n) is 0.807. The molecule has 0 aromatic carbocycles. The van der Waals surface area contributed by atoms with Crippen molar-refractivity contribution in [1.82, 2.24) is 5.32 Å². The lowest BCUT2D eigenvalue weighted by Crippen LogP contribution is -2.34. The Morgan fingerprint density at radius 1 is 1.82 bits per heavy atom. The fraction of sp³-hybridized carbons (Fsp3) is 0.625. The molecule has 1 atom stereocenters. The van der Waals surface area contributed by atoms with Crippen LogP contribution in [0.25, 0.3) is 0 Å². The van der Waals surface area contributed by atoms with Crippen LogP contribution in [0.4, 0.5) is 0 Å². The number of rotatable bonds is 5. The monoisotopic (exact) mass is 157 g/mol. The summed E-state index contributed by atoms with van der Waals surface area (Å²) in [7, 11) is 3.13. The molecule has 0 rings (SSSR count). The molecule has 11 heavy (non-hydrogen) atoms. The van der Waals surface area contributed by atoms with Gasteiger partial charge in [-0.1, -0.05) is 6.08 Å². The van der Waals surface area contributed by atoms with Crippen molar-refractivity contribution < 1.29 is 9.53 Å². The molecule has 0 aromatic heterocycles. The molecule has 0 bridgehead atoms. The van der Waals surface area contributed by atoms with Gasteiger partial charge in [0.25, 0.3) is 0 Å². The first-order valence-corrected chi connectivity index (χ1v) is 3.62. The van der Waals surface area contributed by atoms with Crippen molar-refractivity contribution in [3.05, 3.63) is 12.7 Å². The highest BCUT2D eigenvalue weighted by molar-refractivity contribution is 5.75. The highest BCUT2D eigenvalue weighted by Gasteiger charge is 2.14. The van der Waals surface area contributed by atoms with E-state index in [0.717, 1.165) is 12.8 Å². The summed E-state index contributed by atoms with van der Waals surface area (Å²) in [5.41, 5.74) is 0. The molecule has 0 aliphatic rings. The number of nitrogens with one attached hydrogen (secondary N) is 1. The Labute approximate surface area is 67.4 Å². The highest BCUT2D eigenvalue weighted by atomic mass is 16.5. The van der Waals surface area contributed by atoms with Crippen LogP contribution in [0.15, 0.2) is 12.7 Å². The first-order chi connectivity index (χ1) is 5.26. The minimum Gasteiger partial charge on any atom is -0.468 e. The normalized spacial score (nSPS) is 12.2. The molecule has 0 aliphatic carbocycles. The number of hydrogen-bond acceptors (Lipinski definition) is 3. The van der Waals surface area contributed by atoms with Crippen LogP contribution in [0.2, 0.25) is 0 Å².